The number of hydrogen-bond donors (Lipinski definition) is 1. The van der Waals surface area contributed by atoms with Gasteiger partial charge in [0.15, 0.2) is 0 Å². The highest BCUT2D eigenvalue weighted by Gasteiger charge is 2.27. The average Bonchev–Trinajstić information content (AvgIpc) is 2.93. The van der Waals surface area contributed by atoms with E-state index >= 15 is 0 Å². The fraction of sp³-hybridized carbons (Fsp3) is 0.538. The lowest BCUT2D eigenvalue weighted by atomic mass is 10.2. The molecule has 2 fully saturated rings. The Morgan fingerprint density at radius 1 is 1.38 bits per heavy atom. The summed E-state index contributed by atoms with van der Waals surface area (Å²) in [7, 11) is 0. The van der Waals surface area contributed by atoms with E-state index in [0.717, 1.165) is 18.8 Å². The van der Waals surface area contributed by atoms with Gasteiger partial charge in [0.2, 0.25) is 5.12 Å². The number of carbonyl (C=O) groups excluding carboxylic acids is 2. The highest BCUT2D eigenvalue weighted by molar-refractivity contribution is 8.14. The van der Waals surface area contributed by atoms with Crippen LogP contribution in [0.25, 0.3) is 0 Å². The summed E-state index contributed by atoms with van der Waals surface area (Å²) in [5.74, 6) is 1.14. The second-order valence-electron chi connectivity index (χ2n) is 4.84. The molecule has 112 valence electrons. The number of ether oxygens (including phenoxy) is 1. The van der Waals surface area contributed by atoms with E-state index in [4.69, 9.17) is 4.74 Å². The van der Waals surface area contributed by atoms with Crippen molar-refractivity contribution in [3.05, 3.63) is 18.1 Å². The van der Waals surface area contributed by atoms with E-state index in [2.05, 4.69) is 20.2 Å². The number of morpholine rings is 1. The lowest BCUT2D eigenvalue weighted by Gasteiger charge is -2.27. The topological polar surface area (TPSA) is 84.4 Å². The smallest absolute Gasteiger partial charge is 0.270 e. The van der Waals surface area contributed by atoms with Gasteiger partial charge in [-0.3, -0.25) is 9.59 Å². The van der Waals surface area contributed by atoms with Crippen molar-refractivity contribution in [2.75, 3.05) is 37.0 Å². The first kappa shape index (κ1) is 14.3. The highest BCUT2D eigenvalue weighted by atomic mass is 32.2. The zero-order valence-electron chi connectivity index (χ0n) is 11.4. The molecular weight excluding hydrogens is 292 g/mol. The third-order valence-electron chi connectivity index (χ3n) is 3.46. The van der Waals surface area contributed by atoms with Crippen LogP contribution in [0.1, 0.15) is 16.9 Å². The Kier molecular flexibility index (Phi) is 4.35. The molecule has 2 saturated heterocycles. The molecule has 1 atom stereocenters. The lowest BCUT2D eigenvalue weighted by molar-refractivity contribution is -0.112. The molecule has 1 unspecified atom stereocenters. The quantitative estimate of drug-likeness (QED) is 0.846. The second kappa shape index (κ2) is 6.40. The van der Waals surface area contributed by atoms with Crippen LogP contribution < -0.4 is 10.2 Å². The van der Waals surface area contributed by atoms with E-state index in [1.54, 1.807) is 6.07 Å². The molecule has 0 aromatic carbocycles. The number of thioether (sulfide) groups is 1. The molecule has 0 aliphatic carbocycles. The Balaban J connectivity index is 1.69. The normalized spacial score (nSPS) is 22.4. The van der Waals surface area contributed by atoms with Gasteiger partial charge in [0, 0.05) is 24.9 Å². The van der Waals surface area contributed by atoms with E-state index < -0.39 is 6.04 Å². The number of rotatable bonds is 3. The van der Waals surface area contributed by atoms with Crippen molar-refractivity contribution in [3.63, 3.8) is 0 Å². The number of aromatic nitrogens is 2. The van der Waals surface area contributed by atoms with Crippen molar-refractivity contribution in [1.82, 2.24) is 15.3 Å². The molecule has 8 heteroatoms. The van der Waals surface area contributed by atoms with E-state index in [0.29, 0.717) is 25.5 Å². The maximum Gasteiger partial charge on any atom is 0.270 e. The summed E-state index contributed by atoms with van der Waals surface area (Å²) in [5, 5.41) is 2.75. The Morgan fingerprint density at radius 2 is 2.19 bits per heavy atom. The molecular formula is C13H16N4O3S. The second-order valence-corrected chi connectivity index (χ2v) is 5.94. The predicted molar refractivity (Wildman–Crippen MR) is 78.4 cm³/mol. The minimum absolute atomic E-state index is 0.0193. The van der Waals surface area contributed by atoms with Crippen molar-refractivity contribution in [2.24, 2.45) is 0 Å². The van der Waals surface area contributed by atoms with Crippen LogP contribution in [0.4, 0.5) is 5.82 Å². The van der Waals surface area contributed by atoms with Gasteiger partial charge in [-0.15, -0.1) is 0 Å². The molecule has 1 amide bonds. The van der Waals surface area contributed by atoms with Crippen LogP contribution in [0.15, 0.2) is 12.4 Å². The van der Waals surface area contributed by atoms with Gasteiger partial charge in [0.25, 0.3) is 5.91 Å². The molecule has 21 heavy (non-hydrogen) atoms. The molecule has 0 spiro atoms. The van der Waals surface area contributed by atoms with Crippen molar-refractivity contribution in [3.8, 4) is 0 Å². The largest absolute Gasteiger partial charge is 0.378 e. The van der Waals surface area contributed by atoms with Crippen LogP contribution in [-0.2, 0) is 9.53 Å². The SMILES string of the molecule is O=C(NC1CCSC1=O)c1cc(N2CCOCC2)ncn1. The number of nitrogens with one attached hydrogen (secondary N) is 1. The minimum atomic E-state index is -0.399. The van der Waals surface area contributed by atoms with Crippen LogP contribution in [0.5, 0.6) is 0 Å². The first-order chi connectivity index (χ1) is 10.2. The van der Waals surface area contributed by atoms with E-state index in [1.807, 2.05) is 0 Å². The number of amides is 1. The van der Waals surface area contributed by atoms with Crippen LogP contribution >= 0.6 is 11.8 Å². The van der Waals surface area contributed by atoms with Gasteiger partial charge in [0.1, 0.15) is 17.8 Å². The van der Waals surface area contributed by atoms with Crippen molar-refractivity contribution in [1.29, 1.82) is 0 Å². The van der Waals surface area contributed by atoms with Gasteiger partial charge in [-0.05, 0) is 6.42 Å². The van der Waals surface area contributed by atoms with Crippen molar-refractivity contribution >= 4 is 28.6 Å². The summed E-state index contributed by atoms with van der Waals surface area (Å²) in [4.78, 5) is 34.0. The number of nitrogens with zero attached hydrogens (tertiary/aromatic N) is 3. The summed E-state index contributed by atoms with van der Waals surface area (Å²) in [6, 6.07) is 1.26. The van der Waals surface area contributed by atoms with Crippen LogP contribution in [0.2, 0.25) is 0 Å². The van der Waals surface area contributed by atoms with Gasteiger partial charge in [-0.1, -0.05) is 11.8 Å². The summed E-state index contributed by atoms with van der Waals surface area (Å²) >= 11 is 1.26. The zero-order valence-corrected chi connectivity index (χ0v) is 12.3. The Morgan fingerprint density at radius 3 is 2.90 bits per heavy atom. The summed E-state index contributed by atoms with van der Waals surface area (Å²) in [6.07, 6.45) is 2.06. The third-order valence-corrected chi connectivity index (χ3v) is 4.47. The molecule has 0 bridgehead atoms. The van der Waals surface area contributed by atoms with E-state index in [1.165, 1.54) is 18.1 Å². The molecule has 3 rings (SSSR count). The number of anilines is 1. The van der Waals surface area contributed by atoms with Gasteiger partial charge < -0.3 is 15.0 Å². The molecule has 0 saturated carbocycles. The molecule has 7 nitrogen and oxygen atoms in total. The maximum atomic E-state index is 12.2. The van der Waals surface area contributed by atoms with Crippen molar-refractivity contribution in [2.45, 2.75) is 12.5 Å². The van der Waals surface area contributed by atoms with Crippen LogP contribution in [-0.4, -0.2) is 59.1 Å². The van der Waals surface area contributed by atoms with Crippen molar-refractivity contribution < 1.29 is 14.3 Å². The average molecular weight is 308 g/mol. The van der Waals surface area contributed by atoms with E-state index in [9.17, 15) is 9.59 Å². The summed E-state index contributed by atoms with van der Waals surface area (Å²) < 4.78 is 5.30. The fourth-order valence-electron chi connectivity index (χ4n) is 2.30. The van der Waals surface area contributed by atoms with Gasteiger partial charge >= 0.3 is 0 Å². The Labute approximate surface area is 126 Å². The molecule has 3 heterocycles. The first-order valence-electron chi connectivity index (χ1n) is 6.86. The lowest BCUT2D eigenvalue weighted by Crippen LogP contribution is -2.38. The van der Waals surface area contributed by atoms with Crippen LogP contribution in [0.3, 0.4) is 0 Å². The monoisotopic (exact) mass is 308 g/mol. The number of carbonyl (C=O) groups is 2. The minimum Gasteiger partial charge on any atom is -0.378 e. The van der Waals surface area contributed by atoms with E-state index in [-0.39, 0.29) is 16.7 Å². The molecule has 0 radical (unpaired) electrons. The highest BCUT2D eigenvalue weighted by Crippen LogP contribution is 2.20. The summed E-state index contributed by atoms with van der Waals surface area (Å²) in [5.41, 5.74) is 0.288. The maximum absolute atomic E-state index is 12.2. The Bertz CT molecular complexity index is 548. The molecule has 2 aliphatic heterocycles. The standard InChI is InChI=1S/C13H16N4O3S/c18-12(16-9-1-6-21-13(9)19)10-7-11(15-8-14-10)17-2-4-20-5-3-17/h7-9H,1-6H2,(H,16,18). The predicted octanol–water partition coefficient (Wildman–Crippen LogP) is 0.0751. The first-order valence-corrected chi connectivity index (χ1v) is 7.85. The zero-order chi connectivity index (χ0) is 14.7. The summed E-state index contributed by atoms with van der Waals surface area (Å²) in [6.45, 7) is 2.80. The molecule has 1 aromatic heterocycles. The van der Waals surface area contributed by atoms with Gasteiger partial charge in [-0.2, -0.15) is 0 Å². The Hall–Kier alpha value is -1.67. The van der Waals surface area contributed by atoms with Crippen LogP contribution in [0, 0.1) is 0 Å². The third kappa shape index (κ3) is 3.33. The van der Waals surface area contributed by atoms with Gasteiger partial charge in [0.05, 0.1) is 19.3 Å². The molecule has 1 aromatic rings. The fourth-order valence-corrected chi connectivity index (χ4v) is 3.23. The van der Waals surface area contributed by atoms with Gasteiger partial charge in [-0.25, -0.2) is 9.97 Å². The number of hydrogen-bond acceptors (Lipinski definition) is 7. The molecule has 1 N–H and O–H groups in total. The molecule has 2 aliphatic rings.